The third-order valence-corrected chi connectivity index (χ3v) is 6.28. The van der Waals surface area contributed by atoms with Crippen molar-refractivity contribution in [3.05, 3.63) is 11.7 Å². The van der Waals surface area contributed by atoms with Crippen molar-refractivity contribution in [3.63, 3.8) is 0 Å². The third kappa shape index (κ3) is 3.42. The Kier molecular flexibility index (Phi) is 4.98. The monoisotopic (exact) mass is 287 g/mol. The molecule has 1 aromatic rings. The van der Waals surface area contributed by atoms with Gasteiger partial charge in [-0.15, -0.1) is 11.8 Å². The van der Waals surface area contributed by atoms with Crippen molar-refractivity contribution < 1.29 is 4.52 Å². The first-order valence-corrected chi connectivity index (χ1v) is 8.49. The van der Waals surface area contributed by atoms with Gasteiger partial charge < -0.3 is 10.3 Å². The molecule has 0 aliphatic carbocycles. The summed E-state index contributed by atoms with van der Waals surface area (Å²) in [4.78, 5) is 4.51. The van der Waals surface area contributed by atoms with Gasteiger partial charge in [-0.1, -0.05) is 25.9 Å². The Morgan fingerprint density at radius 3 is 2.78 bits per heavy atom. The lowest BCUT2D eigenvalue weighted by molar-refractivity contribution is 0.349. The Bertz CT molecular complexity index is 383. The average Bonchev–Trinajstić information content (AvgIpc) is 2.77. The van der Waals surface area contributed by atoms with Crippen LogP contribution in [0.3, 0.4) is 0 Å². The number of hydrogen-bond donors (Lipinski definition) is 1. The molecule has 3 unspecified atom stereocenters. The van der Waals surface area contributed by atoms with E-state index in [-0.39, 0.29) is 6.04 Å². The lowest BCUT2D eigenvalue weighted by atomic mass is 10.0. The molecule has 1 aliphatic rings. The van der Waals surface area contributed by atoms with Crippen LogP contribution in [0.15, 0.2) is 4.52 Å². The van der Waals surface area contributed by atoms with E-state index < -0.39 is 0 Å². The summed E-state index contributed by atoms with van der Waals surface area (Å²) in [5.41, 5.74) is 6.03. The molecule has 2 heterocycles. The highest BCUT2D eigenvalue weighted by atomic mass is 32.2. The van der Waals surface area contributed by atoms with Crippen LogP contribution in [-0.2, 0) is 6.42 Å². The fourth-order valence-corrected chi connectivity index (χ4v) is 4.50. The first-order chi connectivity index (χ1) is 8.58. The zero-order valence-corrected chi connectivity index (χ0v) is 12.8. The minimum atomic E-state index is 0.0871. The molecule has 18 heavy (non-hydrogen) atoms. The molecule has 3 atom stereocenters. The van der Waals surface area contributed by atoms with E-state index in [1.165, 1.54) is 5.75 Å². The van der Waals surface area contributed by atoms with E-state index in [1.54, 1.807) is 0 Å². The summed E-state index contributed by atoms with van der Waals surface area (Å²) >= 11 is 3.91. The largest absolute Gasteiger partial charge is 0.339 e. The van der Waals surface area contributed by atoms with E-state index in [2.05, 4.69) is 30.9 Å². The van der Waals surface area contributed by atoms with Gasteiger partial charge in [-0.3, -0.25) is 0 Å². The van der Waals surface area contributed by atoms with Crippen LogP contribution >= 0.6 is 23.5 Å². The van der Waals surface area contributed by atoms with Crippen molar-refractivity contribution in [2.45, 2.75) is 43.7 Å². The molecule has 1 aliphatic heterocycles. The van der Waals surface area contributed by atoms with Crippen LogP contribution in [0.4, 0.5) is 0 Å². The van der Waals surface area contributed by atoms with Gasteiger partial charge >= 0.3 is 0 Å². The van der Waals surface area contributed by atoms with Gasteiger partial charge in [0.05, 0.1) is 5.25 Å². The molecule has 102 valence electrons. The van der Waals surface area contributed by atoms with Gasteiger partial charge in [-0.05, 0) is 5.92 Å². The van der Waals surface area contributed by atoms with Crippen molar-refractivity contribution >= 4 is 23.5 Å². The van der Waals surface area contributed by atoms with Crippen molar-refractivity contribution in [1.29, 1.82) is 0 Å². The number of aromatic nitrogens is 2. The Balaban J connectivity index is 2.01. The summed E-state index contributed by atoms with van der Waals surface area (Å²) in [6.07, 6.45) is 0.670. The van der Waals surface area contributed by atoms with Crippen LogP contribution in [0.1, 0.15) is 37.7 Å². The fourth-order valence-electron chi connectivity index (χ4n) is 1.82. The van der Waals surface area contributed by atoms with E-state index in [4.69, 9.17) is 10.3 Å². The standard InChI is InChI=1S/C12H21N3OS2/c1-7(2)9(13)6-10-14-12(15-16-10)11-8(3)17-4-5-18-11/h7-9,11H,4-6,13H2,1-3H3. The summed E-state index contributed by atoms with van der Waals surface area (Å²) in [6.45, 7) is 6.45. The number of nitrogens with zero attached hydrogens (tertiary/aromatic N) is 2. The molecule has 2 rings (SSSR count). The van der Waals surface area contributed by atoms with Gasteiger partial charge in [0.25, 0.3) is 0 Å². The van der Waals surface area contributed by atoms with E-state index >= 15 is 0 Å². The van der Waals surface area contributed by atoms with Crippen LogP contribution in [0.5, 0.6) is 0 Å². The van der Waals surface area contributed by atoms with Gasteiger partial charge in [-0.25, -0.2) is 0 Å². The normalized spacial score (nSPS) is 26.5. The summed E-state index contributed by atoms with van der Waals surface area (Å²) in [7, 11) is 0. The van der Waals surface area contributed by atoms with Crippen molar-refractivity contribution in [3.8, 4) is 0 Å². The number of rotatable bonds is 4. The van der Waals surface area contributed by atoms with Gasteiger partial charge in [0.2, 0.25) is 5.89 Å². The summed E-state index contributed by atoms with van der Waals surface area (Å²) < 4.78 is 5.32. The second-order valence-electron chi connectivity index (χ2n) is 5.03. The molecule has 0 radical (unpaired) electrons. The van der Waals surface area contributed by atoms with E-state index in [0.717, 1.165) is 11.6 Å². The first-order valence-electron chi connectivity index (χ1n) is 6.39. The topological polar surface area (TPSA) is 64.9 Å². The van der Waals surface area contributed by atoms with Crippen molar-refractivity contribution in [2.75, 3.05) is 11.5 Å². The van der Waals surface area contributed by atoms with E-state index in [0.29, 0.717) is 28.7 Å². The Hall–Kier alpha value is -0.200. The summed E-state index contributed by atoms with van der Waals surface area (Å²) in [5.74, 6) is 4.32. The third-order valence-electron chi connectivity index (χ3n) is 3.19. The molecule has 1 aromatic heterocycles. The second-order valence-corrected chi connectivity index (χ2v) is 7.76. The minimum absolute atomic E-state index is 0.0871. The molecule has 0 spiro atoms. The zero-order chi connectivity index (χ0) is 13.1. The van der Waals surface area contributed by atoms with E-state index in [1.807, 2.05) is 23.5 Å². The maximum atomic E-state index is 6.03. The molecule has 0 aromatic carbocycles. The van der Waals surface area contributed by atoms with Gasteiger partial charge in [0.15, 0.2) is 5.82 Å². The van der Waals surface area contributed by atoms with Crippen LogP contribution in [0.25, 0.3) is 0 Å². The van der Waals surface area contributed by atoms with Crippen LogP contribution < -0.4 is 5.73 Å². The average molecular weight is 287 g/mol. The highest BCUT2D eigenvalue weighted by Crippen LogP contribution is 2.41. The summed E-state index contributed by atoms with van der Waals surface area (Å²) in [6, 6.07) is 0.0871. The quantitative estimate of drug-likeness (QED) is 0.918. The molecule has 6 heteroatoms. The Labute approximate surface area is 117 Å². The molecule has 0 saturated carbocycles. The molecule has 0 amide bonds. The van der Waals surface area contributed by atoms with Gasteiger partial charge in [-0.2, -0.15) is 16.7 Å². The number of nitrogens with two attached hydrogens (primary N) is 1. The maximum absolute atomic E-state index is 6.03. The van der Waals surface area contributed by atoms with Crippen LogP contribution in [0, 0.1) is 5.92 Å². The van der Waals surface area contributed by atoms with Gasteiger partial charge in [0.1, 0.15) is 0 Å². The first kappa shape index (κ1) is 14.2. The number of thioether (sulfide) groups is 2. The lowest BCUT2D eigenvalue weighted by Crippen LogP contribution is -2.28. The smallest absolute Gasteiger partial charge is 0.228 e. The van der Waals surface area contributed by atoms with Crippen molar-refractivity contribution in [1.82, 2.24) is 10.1 Å². The number of hydrogen-bond acceptors (Lipinski definition) is 6. The highest BCUT2D eigenvalue weighted by Gasteiger charge is 2.28. The van der Waals surface area contributed by atoms with E-state index in [9.17, 15) is 0 Å². The van der Waals surface area contributed by atoms with Gasteiger partial charge in [0, 0.05) is 29.2 Å². The summed E-state index contributed by atoms with van der Waals surface area (Å²) in [5, 5.41) is 5.03. The maximum Gasteiger partial charge on any atom is 0.228 e. The lowest BCUT2D eigenvalue weighted by Gasteiger charge is -2.24. The van der Waals surface area contributed by atoms with Crippen LogP contribution in [0.2, 0.25) is 0 Å². The molecular weight excluding hydrogens is 266 g/mol. The zero-order valence-electron chi connectivity index (χ0n) is 11.1. The second kappa shape index (κ2) is 6.30. The van der Waals surface area contributed by atoms with Crippen LogP contribution in [-0.4, -0.2) is 32.9 Å². The molecule has 0 bridgehead atoms. The predicted octanol–water partition coefficient (Wildman–Crippen LogP) is 2.51. The molecule has 4 nitrogen and oxygen atoms in total. The molecule has 1 fully saturated rings. The Morgan fingerprint density at radius 2 is 2.11 bits per heavy atom. The van der Waals surface area contributed by atoms with Crippen molar-refractivity contribution in [2.24, 2.45) is 11.7 Å². The molecule has 2 N–H and O–H groups in total. The molecule has 1 saturated heterocycles. The molecular formula is C12H21N3OS2. The minimum Gasteiger partial charge on any atom is -0.339 e. The highest BCUT2D eigenvalue weighted by molar-refractivity contribution is 8.06. The SMILES string of the molecule is CC(C)C(N)Cc1nc(C2SCCSC2C)no1. The fraction of sp³-hybridized carbons (Fsp3) is 0.833. The Morgan fingerprint density at radius 1 is 1.39 bits per heavy atom. The predicted molar refractivity (Wildman–Crippen MR) is 77.9 cm³/mol.